The lowest BCUT2D eigenvalue weighted by atomic mass is 9.94. The van der Waals surface area contributed by atoms with E-state index >= 15 is 0 Å². The Labute approximate surface area is 216 Å². The van der Waals surface area contributed by atoms with Crippen LogP contribution in [0.5, 0.6) is 0 Å². The molecule has 1 rings (SSSR count). The Bertz CT molecular complexity index is 941. The first-order valence-electron chi connectivity index (χ1n) is 13.1. The normalized spacial score (nSPS) is 14.4. The van der Waals surface area contributed by atoms with Crippen molar-refractivity contribution in [3.8, 4) is 0 Å². The average molecular weight is 476 g/mol. The minimum absolute atomic E-state index is 0.182. The highest BCUT2D eigenvalue weighted by Crippen LogP contribution is 2.26. The number of benzene rings is 1. The first kappa shape index (κ1) is 30.2. The molecular formula is C32H49N3. The summed E-state index contributed by atoms with van der Waals surface area (Å²) in [5.41, 5.74) is 8.36. The molecule has 0 aliphatic heterocycles. The highest BCUT2D eigenvalue weighted by Gasteiger charge is 2.12. The van der Waals surface area contributed by atoms with E-state index in [4.69, 9.17) is 0 Å². The van der Waals surface area contributed by atoms with Crippen molar-refractivity contribution in [1.82, 2.24) is 10.2 Å². The number of hydrogen-bond acceptors (Lipinski definition) is 3. The van der Waals surface area contributed by atoms with Crippen LogP contribution in [0.2, 0.25) is 0 Å². The first-order chi connectivity index (χ1) is 16.7. The number of nitrogens with one attached hydrogen (secondary N) is 1. The van der Waals surface area contributed by atoms with Gasteiger partial charge in [-0.15, -0.1) is 0 Å². The molecule has 0 heterocycles. The van der Waals surface area contributed by atoms with Crippen LogP contribution in [0.3, 0.4) is 0 Å². The van der Waals surface area contributed by atoms with Gasteiger partial charge < -0.3 is 10.2 Å². The molecule has 1 atom stereocenters. The second kappa shape index (κ2) is 16.8. The van der Waals surface area contributed by atoms with E-state index in [1.54, 1.807) is 0 Å². The number of aryl methyl sites for hydroxylation is 1. The second-order valence-corrected chi connectivity index (χ2v) is 9.60. The molecule has 1 N–H and O–H groups in total. The fourth-order valence-corrected chi connectivity index (χ4v) is 4.21. The zero-order valence-electron chi connectivity index (χ0n) is 23.6. The lowest BCUT2D eigenvalue weighted by Gasteiger charge is -2.21. The van der Waals surface area contributed by atoms with Crippen molar-refractivity contribution in [2.75, 3.05) is 21.1 Å². The zero-order valence-corrected chi connectivity index (χ0v) is 23.6. The van der Waals surface area contributed by atoms with Crippen LogP contribution >= 0.6 is 0 Å². The van der Waals surface area contributed by atoms with Crippen molar-refractivity contribution in [3.05, 3.63) is 94.4 Å². The van der Waals surface area contributed by atoms with Crippen LogP contribution in [0.25, 0.3) is 0 Å². The fourth-order valence-electron chi connectivity index (χ4n) is 4.21. The van der Waals surface area contributed by atoms with Gasteiger partial charge >= 0.3 is 0 Å². The van der Waals surface area contributed by atoms with Gasteiger partial charge in [0.1, 0.15) is 0 Å². The molecule has 0 aliphatic rings. The molecule has 35 heavy (non-hydrogen) atoms. The van der Waals surface area contributed by atoms with Gasteiger partial charge in [0.05, 0.1) is 0 Å². The molecule has 0 saturated heterocycles. The number of aliphatic imine (C=N–C) groups is 1. The summed E-state index contributed by atoms with van der Waals surface area (Å²) in [4.78, 5) is 6.34. The van der Waals surface area contributed by atoms with Crippen molar-refractivity contribution in [2.45, 2.75) is 79.2 Å². The highest BCUT2D eigenvalue weighted by molar-refractivity contribution is 5.74. The summed E-state index contributed by atoms with van der Waals surface area (Å²) in [5.74, 6) is 0. The molecule has 1 unspecified atom stereocenters. The maximum Gasteiger partial charge on any atom is 0.0485 e. The standard InChI is InChI=1S/C32H49N3/c1-10-12-13-14-15-18-29(20-21-33-7)31(24-35(8)9)23-26(4)32(11-2)28(6)34-27(5)30-19-16-17-25(3)22-30/h11,16-17,19-24,27,34H,6,10,12-15,18H2,1-5,7-9H3/b26-23+,29-20+,31-24+,32-11+,33-21?. The van der Waals surface area contributed by atoms with Crippen LogP contribution in [-0.2, 0) is 0 Å². The van der Waals surface area contributed by atoms with Gasteiger partial charge in [-0.25, -0.2) is 0 Å². The topological polar surface area (TPSA) is 27.6 Å². The Hall–Kier alpha value is -2.81. The van der Waals surface area contributed by atoms with Gasteiger partial charge in [0, 0.05) is 45.3 Å². The maximum absolute atomic E-state index is 4.39. The molecule has 3 heteroatoms. The van der Waals surface area contributed by atoms with Crippen LogP contribution in [0.4, 0.5) is 0 Å². The third-order valence-electron chi connectivity index (χ3n) is 6.09. The highest BCUT2D eigenvalue weighted by atomic mass is 15.0. The van der Waals surface area contributed by atoms with E-state index in [0.29, 0.717) is 0 Å². The van der Waals surface area contributed by atoms with Gasteiger partial charge in [-0.3, -0.25) is 4.99 Å². The Kier molecular flexibility index (Phi) is 14.5. The average Bonchev–Trinajstić information content (AvgIpc) is 2.80. The molecule has 0 amide bonds. The van der Waals surface area contributed by atoms with Crippen molar-refractivity contribution in [3.63, 3.8) is 0 Å². The summed E-state index contributed by atoms with van der Waals surface area (Å²) in [6, 6.07) is 8.82. The first-order valence-corrected chi connectivity index (χ1v) is 13.1. The minimum atomic E-state index is 0.182. The van der Waals surface area contributed by atoms with Crippen LogP contribution in [0.15, 0.2) is 88.3 Å². The molecule has 0 fully saturated rings. The Morgan fingerprint density at radius 2 is 1.89 bits per heavy atom. The Morgan fingerprint density at radius 1 is 1.17 bits per heavy atom. The molecule has 0 saturated carbocycles. The predicted octanol–water partition coefficient (Wildman–Crippen LogP) is 8.48. The third-order valence-corrected chi connectivity index (χ3v) is 6.09. The smallest absolute Gasteiger partial charge is 0.0485 e. The van der Waals surface area contributed by atoms with Crippen molar-refractivity contribution < 1.29 is 0 Å². The lowest BCUT2D eigenvalue weighted by molar-refractivity contribution is 0.559. The Morgan fingerprint density at radius 3 is 2.49 bits per heavy atom. The summed E-state index contributed by atoms with van der Waals surface area (Å²) in [7, 11) is 5.99. The van der Waals surface area contributed by atoms with E-state index in [2.05, 4.69) is 119 Å². The van der Waals surface area contributed by atoms with Gasteiger partial charge in [0.25, 0.3) is 0 Å². The van der Waals surface area contributed by atoms with Gasteiger partial charge in [-0.05, 0) is 80.5 Å². The zero-order chi connectivity index (χ0) is 26.2. The predicted molar refractivity (Wildman–Crippen MR) is 157 cm³/mol. The van der Waals surface area contributed by atoms with Gasteiger partial charge in [-0.1, -0.05) is 75.1 Å². The molecule has 0 bridgehead atoms. The van der Waals surface area contributed by atoms with E-state index in [1.165, 1.54) is 60.0 Å². The molecule has 0 aliphatic carbocycles. The number of allylic oxidation sites excluding steroid dienone is 6. The largest absolute Gasteiger partial charge is 0.383 e. The second-order valence-electron chi connectivity index (χ2n) is 9.60. The van der Waals surface area contributed by atoms with E-state index in [9.17, 15) is 0 Å². The Balaban J connectivity index is 3.15. The van der Waals surface area contributed by atoms with Crippen LogP contribution < -0.4 is 5.32 Å². The molecule has 192 valence electrons. The molecule has 3 nitrogen and oxygen atoms in total. The SMILES string of the molecule is C=C(NC(C)c1cccc(C)c1)C(=C/C)/C(C)=C/C(=C\N(C)C)C(=C/C=NC)/CCCCCCC. The van der Waals surface area contributed by atoms with E-state index in [0.717, 1.165) is 17.7 Å². The van der Waals surface area contributed by atoms with E-state index in [1.807, 2.05) is 13.3 Å². The fraction of sp³-hybridized carbons (Fsp3) is 0.469. The van der Waals surface area contributed by atoms with E-state index in [-0.39, 0.29) is 6.04 Å². The number of unbranched alkanes of at least 4 members (excludes halogenated alkanes) is 4. The number of nitrogens with zero attached hydrogens (tertiary/aromatic N) is 2. The number of hydrogen-bond donors (Lipinski definition) is 1. The summed E-state index contributed by atoms with van der Waals surface area (Å²) in [5, 5.41) is 3.62. The summed E-state index contributed by atoms with van der Waals surface area (Å²) >= 11 is 0. The van der Waals surface area contributed by atoms with Gasteiger partial charge in [0.2, 0.25) is 0 Å². The molecule has 1 aromatic rings. The quantitative estimate of drug-likeness (QED) is 0.156. The van der Waals surface area contributed by atoms with Crippen LogP contribution in [0.1, 0.15) is 83.4 Å². The lowest BCUT2D eigenvalue weighted by Crippen LogP contribution is -2.19. The maximum atomic E-state index is 4.39. The minimum Gasteiger partial charge on any atom is -0.383 e. The summed E-state index contributed by atoms with van der Waals surface area (Å²) in [6.07, 6.45) is 18.1. The molecule has 0 spiro atoms. The van der Waals surface area contributed by atoms with Crippen LogP contribution in [0, 0.1) is 6.92 Å². The summed E-state index contributed by atoms with van der Waals surface area (Å²) < 4.78 is 0. The van der Waals surface area contributed by atoms with E-state index < -0.39 is 0 Å². The molecule has 0 radical (unpaired) electrons. The van der Waals surface area contributed by atoms with Gasteiger partial charge in [-0.2, -0.15) is 0 Å². The van der Waals surface area contributed by atoms with Crippen molar-refractivity contribution in [2.24, 2.45) is 4.99 Å². The van der Waals surface area contributed by atoms with Crippen LogP contribution in [-0.4, -0.2) is 32.3 Å². The third kappa shape index (κ3) is 11.4. The summed E-state index contributed by atoms with van der Waals surface area (Å²) in [6.45, 7) is 15.2. The monoisotopic (exact) mass is 475 g/mol. The molecule has 0 aromatic heterocycles. The van der Waals surface area contributed by atoms with Gasteiger partial charge in [0.15, 0.2) is 0 Å². The molecular weight excluding hydrogens is 426 g/mol. The van der Waals surface area contributed by atoms with Crippen molar-refractivity contribution >= 4 is 6.21 Å². The van der Waals surface area contributed by atoms with Crippen molar-refractivity contribution in [1.29, 1.82) is 0 Å². The number of rotatable bonds is 15. The molecule has 1 aromatic carbocycles.